The number of carbonyl (C=O) groups is 2. The van der Waals surface area contributed by atoms with Crippen molar-refractivity contribution in [3.8, 4) is 0 Å². The van der Waals surface area contributed by atoms with Crippen molar-refractivity contribution in [2.75, 3.05) is 11.9 Å². The summed E-state index contributed by atoms with van der Waals surface area (Å²) in [5, 5.41) is 11.2. The Hall–Kier alpha value is -3.22. The Morgan fingerprint density at radius 2 is 1.84 bits per heavy atom. The van der Waals surface area contributed by atoms with E-state index in [-0.39, 0.29) is 11.8 Å². The predicted octanol–water partition coefficient (Wildman–Crippen LogP) is 4.71. The van der Waals surface area contributed by atoms with Gasteiger partial charge in [0, 0.05) is 18.7 Å². The quantitative estimate of drug-likeness (QED) is 0.478. The van der Waals surface area contributed by atoms with Crippen molar-refractivity contribution in [1.29, 1.82) is 0 Å². The minimum atomic E-state index is -0.212. The largest absolute Gasteiger partial charge is 0.351 e. The van der Waals surface area contributed by atoms with E-state index < -0.39 is 0 Å². The Morgan fingerprint density at radius 1 is 1.06 bits per heavy atom. The maximum Gasteiger partial charge on any atom is 0.272 e. The number of hydrogen-bond donors (Lipinski definition) is 2. The van der Waals surface area contributed by atoms with Crippen molar-refractivity contribution >= 4 is 28.7 Å². The van der Waals surface area contributed by atoms with Gasteiger partial charge in [0.1, 0.15) is 5.82 Å². The minimum Gasteiger partial charge on any atom is -0.351 e. The summed E-state index contributed by atoms with van der Waals surface area (Å²) in [7, 11) is 0. The Balaban J connectivity index is 1.58. The van der Waals surface area contributed by atoms with Crippen LogP contribution in [0.2, 0.25) is 0 Å². The van der Waals surface area contributed by atoms with E-state index in [0.717, 1.165) is 31.4 Å². The molecule has 32 heavy (non-hydrogen) atoms. The molecule has 1 aliphatic carbocycles. The third-order valence-electron chi connectivity index (χ3n) is 6.09. The van der Waals surface area contributed by atoms with Gasteiger partial charge in [0.15, 0.2) is 11.3 Å². The zero-order valence-electron chi connectivity index (χ0n) is 18.9. The monoisotopic (exact) mass is 433 g/mol. The Morgan fingerprint density at radius 3 is 2.53 bits per heavy atom. The second-order valence-corrected chi connectivity index (χ2v) is 8.68. The van der Waals surface area contributed by atoms with Gasteiger partial charge in [0.05, 0.1) is 5.39 Å². The first-order valence-corrected chi connectivity index (χ1v) is 11.6. The summed E-state index contributed by atoms with van der Waals surface area (Å²) in [5.41, 5.74) is 2.71. The molecule has 0 atom stereocenters. The van der Waals surface area contributed by atoms with Gasteiger partial charge in [-0.25, -0.2) is 9.67 Å². The highest BCUT2D eigenvalue weighted by Gasteiger charge is 2.23. The first-order valence-electron chi connectivity index (χ1n) is 11.6. The maximum absolute atomic E-state index is 12.8. The summed E-state index contributed by atoms with van der Waals surface area (Å²) in [4.78, 5) is 30.1. The van der Waals surface area contributed by atoms with Crippen LogP contribution in [0.4, 0.5) is 5.82 Å². The summed E-state index contributed by atoms with van der Waals surface area (Å²) in [6.45, 7) is 5.50. The van der Waals surface area contributed by atoms with E-state index in [0.29, 0.717) is 40.6 Å². The van der Waals surface area contributed by atoms with Crippen LogP contribution < -0.4 is 10.6 Å². The van der Waals surface area contributed by atoms with Gasteiger partial charge in [-0.1, -0.05) is 43.9 Å². The number of anilines is 1. The number of fused-ring (bicyclic) bond motifs is 1. The summed E-state index contributed by atoms with van der Waals surface area (Å²) >= 11 is 0. The second-order valence-electron chi connectivity index (χ2n) is 8.68. The fourth-order valence-electron chi connectivity index (χ4n) is 3.89. The molecule has 2 amide bonds. The molecule has 0 unspecified atom stereocenters. The molecule has 2 heterocycles. The van der Waals surface area contributed by atoms with E-state index in [4.69, 9.17) is 0 Å². The van der Waals surface area contributed by atoms with Gasteiger partial charge in [-0.3, -0.25) is 9.59 Å². The standard InChI is InChI=1S/C25H31N5O2/c1-3-4-5-15-26-25(32)22-20-13-14-21(28-24(31)19-11-9-17(2)10-12-19)27-23(20)30(29-22)16-18-7-6-8-18/h9-14,18H,3-8,15-16H2,1-2H3,(H,26,32)(H,27,28,31). The molecule has 1 aromatic carbocycles. The average molecular weight is 434 g/mol. The summed E-state index contributed by atoms with van der Waals surface area (Å²) < 4.78 is 1.83. The van der Waals surface area contributed by atoms with Crippen LogP contribution >= 0.6 is 0 Å². The van der Waals surface area contributed by atoms with Gasteiger partial charge in [0.25, 0.3) is 11.8 Å². The van der Waals surface area contributed by atoms with Crippen LogP contribution in [0.15, 0.2) is 36.4 Å². The van der Waals surface area contributed by atoms with Crippen LogP contribution in [0.3, 0.4) is 0 Å². The number of nitrogens with zero attached hydrogens (tertiary/aromatic N) is 3. The van der Waals surface area contributed by atoms with E-state index >= 15 is 0 Å². The molecule has 7 heteroatoms. The van der Waals surface area contributed by atoms with Gasteiger partial charge in [0.2, 0.25) is 0 Å². The van der Waals surface area contributed by atoms with Gasteiger partial charge < -0.3 is 10.6 Å². The van der Waals surface area contributed by atoms with Crippen molar-refractivity contribution < 1.29 is 9.59 Å². The number of aryl methyl sites for hydroxylation is 1. The van der Waals surface area contributed by atoms with E-state index in [1.54, 1.807) is 18.2 Å². The number of nitrogens with one attached hydrogen (secondary N) is 2. The lowest BCUT2D eigenvalue weighted by molar-refractivity contribution is 0.0947. The Bertz CT molecular complexity index is 1100. The number of benzene rings is 1. The highest BCUT2D eigenvalue weighted by Crippen LogP contribution is 2.29. The fraction of sp³-hybridized carbons (Fsp3) is 0.440. The van der Waals surface area contributed by atoms with Crippen LogP contribution in [-0.4, -0.2) is 33.1 Å². The van der Waals surface area contributed by atoms with Crippen LogP contribution in [0.25, 0.3) is 11.0 Å². The molecule has 168 valence electrons. The summed E-state index contributed by atoms with van der Waals surface area (Å²) in [6, 6.07) is 11.0. The van der Waals surface area contributed by atoms with Crippen LogP contribution in [0.5, 0.6) is 0 Å². The number of unbranched alkanes of at least 4 members (excludes halogenated alkanes) is 2. The van der Waals surface area contributed by atoms with E-state index in [1.165, 1.54) is 19.3 Å². The molecule has 4 rings (SSSR count). The second kappa shape index (κ2) is 9.94. The van der Waals surface area contributed by atoms with Crippen LogP contribution in [0, 0.1) is 12.8 Å². The van der Waals surface area contributed by atoms with Crippen molar-refractivity contribution in [2.24, 2.45) is 5.92 Å². The molecule has 1 aliphatic rings. The number of carbonyl (C=O) groups excluding carboxylic acids is 2. The van der Waals surface area contributed by atoms with Gasteiger partial charge in [-0.15, -0.1) is 0 Å². The Labute approximate surface area is 188 Å². The van der Waals surface area contributed by atoms with Crippen molar-refractivity contribution in [3.05, 3.63) is 53.2 Å². The van der Waals surface area contributed by atoms with Crippen LogP contribution in [0.1, 0.15) is 71.9 Å². The molecule has 0 saturated heterocycles. The number of hydrogen-bond acceptors (Lipinski definition) is 4. The molecular formula is C25H31N5O2. The molecule has 3 aromatic rings. The zero-order valence-corrected chi connectivity index (χ0v) is 18.9. The third kappa shape index (κ3) is 4.98. The Kier molecular flexibility index (Phi) is 6.83. The molecule has 0 aliphatic heterocycles. The molecule has 1 saturated carbocycles. The molecule has 1 fully saturated rings. The first-order chi connectivity index (χ1) is 15.5. The summed E-state index contributed by atoms with van der Waals surface area (Å²) in [6.07, 6.45) is 6.72. The minimum absolute atomic E-state index is 0.170. The average Bonchev–Trinajstić information content (AvgIpc) is 3.12. The lowest BCUT2D eigenvalue weighted by Crippen LogP contribution is -2.25. The lowest BCUT2D eigenvalue weighted by Gasteiger charge is -2.25. The molecule has 0 bridgehead atoms. The van der Waals surface area contributed by atoms with Gasteiger partial charge >= 0.3 is 0 Å². The lowest BCUT2D eigenvalue weighted by atomic mass is 9.85. The van der Waals surface area contributed by atoms with E-state index in [9.17, 15) is 9.59 Å². The molecule has 0 radical (unpaired) electrons. The predicted molar refractivity (Wildman–Crippen MR) is 126 cm³/mol. The topological polar surface area (TPSA) is 88.9 Å². The third-order valence-corrected chi connectivity index (χ3v) is 6.09. The normalized spacial score (nSPS) is 13.7. The zero-order chi connectivity index (χ0) is 22.5. The van der Waals surface area contributed by atoms with Gasteiger partial charge in [-0.05, 0) is 56.4 Å². The molecule has 0 spiro atoms. The fourth-order valence-corrected chi connectivity index (χ4v) is 3.89. The van der Waals surface area contributed by atoms with Crippen molar-refractivity contribution in [1.82, 2.24) is 20.1 Å². The van der Waals surface area contributed by atoms with Crippen molar-refractivity contribution in [3.63, 3.8) is 0 Å². The van der Waals surface area contributed by atoms with Crippen molar-refractivity contribution in [2.45, 2.75) is 58.9 Å². The van der Waals surface area contributed by atoms with E-state index in [1.807, 2.05) is 29.8 Å². The SMILES string of the molecule is CCCCCNC(=O)c1nn(CC2CCC2)c2nc(NC(=O)c3ccc(C)cc3)ccc12. The molecule has 7 nitrogen and oxygen atoms in total. The van der Waals surface area contributed by atoms with Gasteiger partial charge in [-0.2, -0.15) is 5.10 Å². The molecule has 2 aromatic heterocycles. The van der Waals surface area contributed by atoms with Crippen LogP contribution in [-0.2, 0) is 6.54 Å². The number of rotatable bonds is 9. The summed E-state index contributed by atoms with van der Waals surface area (Å²) in [5.74, 6) is 0.631. The maximum atomic E-state index is 12.8. The number of pyridine rings is 1. The molecule has 2 N–H and O–H groups in total. The highest BCUT2D eigenvalue weighted by molar-refractivity contribution is 6.06. The number of aromatic nitrogens is 3. The molecular weight excluding hydrogens is 402 g/mol. The highest BCUT2D eigenvalue weighted by atomic mass is 16.2. The van der Waals surface area contributed by atoms with E-state index in [2.05, 4.69) is 27.6 Å². The number of amides is 2. The first kappa shape index (κ1) is 22.0. The smallest absolute Gasteiger partial charge is 0.272 e.